The van der Waals surface area contributed by atoms with Crippen molar-refractivity contribution < 1.29 is 14.3 Å². The van der Waals surface area contributed by atoms with Crippen LogP contribution in [0.5, 0.6) is 11.5 Å². The fraction of sp³-hybridized carbons (Fsp3) is 0.500. The van der Waals surface area contributed by atoms with Gasteiger partial charge < -0.3 is 14.4 Å². The second kappa shape index (κ2) is 6.74. The van der Waals surface area contributed by atoms with E-state index in [2.05, 4.69) is 10.1 Å². The fourth-order valence-electron chi connectivity index (χ4n) is 3.52. The van der Waals surface area contributed by atoms with Crippen molar-refractivity contribution in [3.05, 3.63) is 36.4 Å². The van der Waals surface area contributed by atoms with Gasteiger partial charge in [-0.05, 0) is 37.5 Å². The summed E-state index contributed by atoms with van der Waals surface area (Å²) in [4.78, 5) is 18.9. The SMILES string of the molecule is C[C@@H](C(=O)N1CCC[C@H](n2cncn2)C1)c1ccc2c(c1)OCCO2. The van der Waals surface area contributed by atoms with Crippen LogP contribution >= 0.6 is 0 Å². The van der Waals surface area contributed by atoms with Gasteiger partial charge in [0, 0.05) is 13.1 Å². The Labute approximate surface area is 146 Å². The van der Waals surface area contributed by atoms with Crippen molar-refractivity contribution in [1.82, 2.24) is 19.7 Å². The highest BCUT2D eigenvalue weighted by Gasteiger charge is 2.29. The summed E-state index contributed by atoms with van der Waals surface area (Å²) in [5.74, 6) is 1.40. The number of carbonyl (C=O) groups is 1. The van der Waals surface area contributed by atoms with Crippen LogP contribution in [-0.4, -0.2) is 51.9 Å². The molecule has 3 heterocycles. The molecule has 2 aromatic rings. The van der Waals surface area contributed by atoms with Gasteiger partial charge in [0.25, 0.3) is 0 Å². The molecular formula is C18H22N4O3. The number of amides is 1. The quantitative estimate of drug-likeness (QED) is 0.853. The van der Waals surface area contributed by atoms with Gasteiger partial charge in [-0.25, -0.2) is 9.67 Å². The Hall–Kier alpha value is -2.57. The number of hydrogen-bond donors (Lipinski definition) is 0. The molecule has 2 aliphatic rings. The summed E-state index contributed by atoms with van der Waals surface area (Å²) >= 11 is 0. The van der Waals surface area contributed by atoms with Crippen molar-refractivity contribution in [1.29, 1.82) is 0 Å². The van der Waals surface area contributed by atoms with Gasteiger partial charge in [-0.3, -0.25) is 4.79 Å². The average molecular weight is 342 g/mol. The Kier molecular flexibility index (Phi) is 4.29. The van der Waals surface area contributed by atoms with Crippen molar-refractivity contribution in [2.45, 2.75) is 31.7 Å². The summed E-state index contributed by atoms with van der Waals surface area (Å²) in [6, 6.07) is 5.97. The molecule has 7 nitrogen and oxygen atoms in total. The van der Waals surface area contributed by atoms with E-state index >= 15 is 0 Å². The predicted octanol–water partition coefficient (Wildman–Crippen LogP) is 2.02. The molecule has 0 spiro atoms. The highest BCUT2D eigenvalue weighted by molar-refractivity contribution is 5.83. The van der Waals surface area contributed by atoms with Crippen LogP contribution in [-0.2, 0) is 4.79 Å². The van der Waals surface area contributed by atoms with Gasteiger partial charge >= 0.3 is 0 Å². The molecule has 4 rings (SSSR count). The van der Waals surface area contributed by atoms with E-state index in [0.29, 0.717) is 19.8 Å². The number of aromatic nitrogens is 3. The minimum atomic E-state index is -0.217. The second-order valence-electron chi connectivity index (χ2n) is 6.58. The first-order valence-electron chi connectivity index (χ1n) is 8.75. The summed E-state index contributed by atoms with van der Waals surface area (Å²) in [5.41, 5.74) is 0.956. The zero-order valence-corrected chi connectivity index (χ0v) is 14.3. The maximum atomic E-state index is 13.0. The number of likely N-dealkylation sites (tertiary alicyclic amines) is 1. The number of rotatable bonds is 3. The fourth-order valence-corrected chi connectivity index (χ4v) is 3.52. The molecule has 132 valence electrons. The van der Waals surface area contributed by atoms with Crippen LogP contribution in [0.15, 0.2) is 30.9 Å². The van der Waals surface area contributed by atoms with Gasteiger partial charge in [-0.2, -0.15) is 5.10 Å². The van der Waals surface area contributed by atoms with Crippen molar-refractivity contribution in [3.8, 4) is 11.5 Å². The van der Waals surface area contributed by atoms with Crippen LogP contribution in [0.1, 0.15) is 37.3 Å². The van der Waals surface area contributed by atoms with Crippen molar-refractivity contribution in [2.24, 2.45) is 0 Å². The van der Waals surface area contributed by atoms with Gasteiger partial charge in [-0.15, -0.1) is 0 Å². The molecule has 1 aromatic heterocycles. The lowest BCUT2D eigenvalue weighted by Crippen LogP contribution is -2.42. The van der Waals surface area contributed by atoms with Crippen molar-refractivity contribution in [2.75, 3.05) is 26.3 Å². The Morgan fingerprint density at radius 2 is 2.12 bits per heavy atom. The molecule has 2 aliphatic heterocycles. The van der Waals surface area contributed by atoms with Crippen molar-refractivity contribution >= 4 is 5.91 Å². The largest absolute Gasteiger partial charge is 0.486 e. The number of fused-ring (bicyclic) bond motifs is 1. The zero-order chi connectivity index (χ0) is 17.2. The number of ether oxygens (including phenoxy) is 2. The number of hydrogen-bond acceptors (Lipinski definition) is 5. The highest BCUT2D eigenvalue weighted by Crippen LogP contribution is 2.34. The van der Waals surface area contributed by atoms with Gasteiger partial charge in [0.15, 0.2) is 11.5 Å². The Morgan fingerprint density at radius 3 is 2.92 bits per heavy atom. The minimum absolute atomic E-state index is 0.140. The Bertz CT molecular complexity index is 747. The maximum absolute atomic E-state index is 13.0. The van der Waals surface area contributed by atoms with Crippen LogP contribution in [0.4, 0.5) is 0 Å². The third kappa shape index (κ3) is 3.18. The normalized spacial score (nSPS) is 21.0. The van der Waals surface area contributed by atoms with Gasteiger partial charge in [-0.1, -0.05) is 6.07 Å². The lowest BCUT2D eigenvalue weighted by atomic mass is 9.97. The number of carbonyl (C=O) groups excluding carboxylic acids is 1. The first-order chi connectivity index (χ1) is 12.2. The van der Waals surface area contributed by atoms with Crippen LogP contribution in [0.25, 0.3) is 0 Å². The van der Waals surface area contributed by atoms with E-state index in [0.717, 1.165) is 36.4 Å². The molecule has 7 heteroatoms. The van der Waals surface area contributed by atoms with Crippen LogP contribution < -0.4 is 9.47 Å². The third-order valence-electron chi connectivity index (χ3n) is 4.96. The van der Waals surface area contributed by atoms with Gasteiger partial charge in [0.2, 0.25) is 5.91 Å². The molecule has 0 saturated carbocycles. The van der Waals surface area contributed by atoms with Crippen molar-refractivity contribution in [3.63, 3.8) is 0 Å². The summed E-state index contributed by atoms with van der Waals surface area (Å²) in [6.45, 7) is 4.53. The molecule has 0 bridgehead atoms. The standard InChI is InChI=1S/C18H22N4O3/c1-13(14-4-5-16-17(9-14)25-8-7-24-16)18(23)21-6-2-3-15(10-21)22-12-19-11-20-22/h4-5,9,11-13,15H,2-3,6-8,10H2,1H3/t13-,15+/m1/s1. The molecule has 1 amide bonds. The average Bonchev–Trinajstić information content (AvgIpc) is 3.21. The van der Waals surface area contributed by atoms with E-state index in [1.54, 1.807) is 12.7 Å². The van der Waals surface area contributed by atoms with E-state index < -0.39 is 0 Å². The van der Waals surface area contributed by atoms with Crippen LogP contribution in [0.3, 0.4) is 0 Å². The molecule has 1 fully saturated rings. The summed E-state index contributed by atoms with van der Waals surface area (Å²) in [6.07, 6.45) is 5.26. The van der Waals surface area contributed by atoms with Gasteiger partial charge in [0.1, 0.15) is 25.9 Å². The molecule has 0 unspecified atom stereocenters. The predicted molar refractivity (Wildman–Crippen MR) is 90.7 cm³/mol. The highest BCUT2D eigenvalue weighted by atomic mass is 16.6. The summed E-state index contributed by atoms with van der Waals surface area (Å²) in [5, 5.41) is 4.22. The first kappa shape index (κ1) is 15.9. The number of benzene rings is 1. The molecule has 1 saturated heterocycles. The van der Waals surface area contributed by atoms with E-state index in [1.807, 2.05) is 34.7 Å². The Balaban J connectivity index is 1.48. The van der Waals surface area contributed by atoms with E-state index in [9.17, 15) is 4.79 Å². The molecule has 0 N–H and O–H groups in total. The van der Waals surface area contributed by atoms with Crippen LogP contribution in [0.2, 0.25) is 0 Å². The summed E-state index contributed by atoms with van der Waals surface area (Å²) < 4.78 is 13.0. The minimum Gasteiger partial charge on any atom is -0.486 e. The lowest BCUT2D eigenvalue weighted by molar-refractivity contribution is -0.134. The molecule has 25 heavy (non-hydrogen) atoms. The van der Waals surface area contributed by atoms with E-state index in [4.69, 9.17) is 9.47 Å². The first-order valence-corrected chi connectivity index (χ1v) is 8.75. The van der Waals surface area contributed by atoms with E-state index in [1.165, 1.54) is 0 Å². The molecule has 0 aliphatic carbocycles. The maximum Gasteiger partial charge on any atom is 0.229 e. The molecular weight excluding hydrogens is 320 g/mol. The number of nitrogens with zero attached hydrogens (tertiary/aromatic N) is 4. The topological polar surface area (TPSA) is 69.5 Å². The smallest absolute Gasteiger partial charge is 0.229 e. The Morgan fingerprint density at radius 1 is 1.28 bits per heavy atom. The number of piperidine rings is 1. The monoisotopic (exact) mass is 342 g/mol. The van der Waals surface area contributed by atoms with Gasteiger partial charge in [0.05, 0.1) is 12.0 Å². The molecule has 0 radical (unpaired) electrons. The van der Waals surface area contributed by atoms with E-state index in [-0.39, 0.29) is 17.9 Å². The molecule has 2 atom stereocenters. The third-order valence-corrected chi connectivity index (χ3v) is 4.96. The summed E-state index contributed by atoms with van der Waals surface area (Å²) in [7, 11) is 0. The van der Waals surface area contributed by atoms with Crippen LogP contribution in [0, 0.1) is 0 Å². The zero-order valence-electron chi connectivity index (χ0n) is 14.3. The molecule has 1 aromatic carbocycles. The second-order valence-corrected chi connectivity index (χ2v) is 6.58. The lowest BCUT2D eigenvalue weighted by Gasteiger charge is -2.34.